The topological polar surface area (TPSA) is 67.4 Å². The Hall–Kier alpha value is -1.26. The molecule has 1 rings (SSSR count). The zero-order valence-corrected chi connectivity index (χ0v) is 21.8. The highest BCUT2D eigenvalue weighted by atomic mass is 16.6. The van der Waals surface area contributed by atoms with Crippen molar-refractivity contribution in [2.45, 2.75) is 145 Å². The first kappa shape index (κ1) is 33.4. The van der Waals surface area contributed by atoms with Crippen molar-refractivity contribution in [1.82, 2.24) is 10.6 Å². The van der Waals surface area contributed by atoms with Crippen LogP contribution in [0.15, 0.2) is 0 Å². The minimum absolute atomic E-state index is 0.122. The Kier molecular flexibility index (Phi) is 26.7. The highest BCUT2D eigenvalue weighted by molar-refractivity contribution is 5.85. The number of carbonyl (C=O) groups is 2. The summed E-state index contributed by atoms with van der Waals surface area (Å²) in [6, 6.07) is -0.461. The van der Waals surface area contributed by atoms with E-state index < -0.39 is 17.7 Å². The van der Waals surface area contributed by atoms with Crippen molar-refractivity contribution in [1.29, 1.82) is 0 Å². The van der Waals surface area contributed by atoms with Crippen LogP contribution >= 0.6 is 0 Å². The van der Waals surface area contributed by atoms with Crippen molar-refractivity contribution in [3.8, 4) is 0 Å². The maximum Gasteiger partial charge on any atom is 0.408 e. The van der Waals surface area contributed by atoms with Crippen LogP contribution in [0.1, 0.15) is 133 Å². The molecule has 0 aromatic rings. The molecule has 5 nitrogen and oxygen atoms in total. The van der Waals surface area contributed by atoms with Crippen molar-refractivity contribution < 1.29 is 14.3 Å². The SMILES string of the molecule is CC.CC.CC(C)(C)OC(=O)NC1CCCCNC1=O.CCCCCCCCCC. The van der Waals surface area contributed by atoms with Gasteiger partial charge in [0.05, 0.1) is 0 Å². The predicted molar refractivity (Wildman–Crippen MR) is 131 cm³/mol. The molecule has 1 fully saturated rings. The van der Waals surface area contributed by atoms with Crippen LogP contribution in [0.3, 0.4) is 0 Å². The van der Waals surface area contributed by atoms with Crippen LogP contribution in [0.5, 0.6) is 0 Å². The molecule has 30 heavy (non-hydrogen) atoms. The Morgan fingerprint density at radius 1 is 0.933 bits per heavy atom. The largest absolute Gasteiger partial charge is 0.444 e. The van der Waals surface area contributed by atoms with Crippen molar-refractivity contribution >= 4 is 12.0 Å². The minimum atomic E-state index is -0.536. The molecule has 1 saturated heterocycles. The molecule has 5 heteroatoms. The maximum atomic E-state index is 11.5. The normalized spacial score (nSPS) is 15.5. The fourth-order valence-electron chi connectivity index (χ4n) is 2.73. The Bertz CT molecular complexity index is 371. The van der Waals surface area contributed by atoms with Crippen LogP contribution in [0.4, 0.5) is 4.79 Å². The van der Waals surface area contributed by atoms with Gasteiger partial charge in [-0.25, -0.2) is 4.79 Å². The summed E-state index contributed by atoms with van der Waals surface area (Å²) in [7, 11) is 0. The zero-order valence-electron chi connectivity index (χ0n) is 21.8. The van der Waals surface area contributed by atoms with E-state index in [1.807, 2.05) is 27.7 Å². The quantitative estimate of drug-likeness (QED) is 0.395. The van der Waals surface area contributed by atoms with Gasteiger partial charge in [0.15, 0.2) is 0 Å². The molecule has 0 aliphatic carbocycles. The number of hydrogen-bond donors (Lipinski definition) is 2. The second-order valence-electron chi connectivity index (χ2n) is 8.11. The number of nitrogens with one attached hydrogen (secondary N) is 2. The van der Waals surface area contributed by atoms with Crippen molar-refractivity contribution in [2.75, 3.05) is 6.54 Å². The van der Waals surface area contributed by atoms with E-state index in [0.717, 1.165) is 12.8 Å². The molecular weight excluding hydrogens is 376 g/mol. The van der Waals surface area contributed by atoms with E-state index in [1.54, 1.807) is 20.8 Å². The summed E-state index contributed by atoms with van der Waals surface area (Å²) in [5.41, 5.74) is -0.536. The van der Waals surface area contributed by atoms with E-state index in [0.29, 0.717) is 13.0 Å². The number of alkyl carbamates (subject to hydrolysis) is 1. The van der Waals surface area contributed by atoms with Gasteiger partial charge >= 0.3 is 6.09 Å². The van der Waals surface area contributed by atoms with Gasteiger partial charge in [0.2, 0.25) is 5.91 Å². The smallest absolute Gasteiger partial charge is 0.408 e. The number of ether oxygens (including phenoxy) is 1. The molecule has 1 heterocycles. The molecule has 1 aliphatic rings. The number of rotatable bonds is 8. The molecule has 2 N–H and O–H groups in total. The van der Waals surface area contributed by atoms with Crippen LogP contribution in [0, 0.1) is 0 Å². The van der Waals surface area contributed by atoms with Crippen LogP contribution in [0.25, 0.3) is 0 Å². The Labute approximate surface area is 188 Å². The van der Waals surface area contributed by atoms with E-state index >= 15 is 0 Å². The van der Waals surface area contributed by atoms with Gasteiger partial charge in [-0.3, -0.25) is 4.79 Å². The van der Waals surface area contributed by atoms with E-state index in [1.165, 1.54) is 51.4 Å². The molecule has 182 valence electrons. The summed E-state index contributed by atoms with van der Waals surface area (Å²) >= 11 is 0. The van der Waals surface area contributed by atoms with E-state index in [2.05, 4.69) is 24.5 Å². The molecule has 0 radical (unpaired) electrons. The van der Waals surface area contributed by atoms with Crippen molar-refractivity contribution in [3.63, 3.8) is 0 Å². The first-order valence-electron chi connectivity index (χ1n) is 12.6. The molecule has 0 saturated carbocycles. The predicted octanol–water partition coefficient (Wildman–Crippen LogP) is 7.38. The molecule has 1 unspecified atom stereocenters. The van der Waals surface area contributed by atoms with Crippen LogP contribution in [0.2, 0.25) is 0 Å². The van der Waals surface area contributed by atoms with Gasteiger partial charge in [-0.2, -0.15) is 0 Å². The summed E-state index contributed by atoms with van der Waals surface area (Å²) in [6.45, 7) is 18.6. The second-order valence-corrected chi connectivity index (χ2v) is 8.11. The fraction of sp³-hybridized carbons (Fsp3) is 0.920. The van der Waals surface area contributed by atoms with E-state index in [4.69, 9.17) is 4.74 Å². The average molecular weight is 431 g/mol. The van der Waals surface area contributed by atoms with Crippen molar-refractivity contribution in [2.24, 2.45) is 0 Å². The third-order valence-corrected chi connectivity index (χ3v) is 4.18. The monoisotopic (exact) mass is 430 g/mol. The standard InChI is InChI=1S/C11H20N2O3.C10H22.2C2H6/c1-11(2,3)16-10(15)13-8-6-4-5-7-12-9(8)14;1-3-5-7-9-10-8-6-4-2;2*1-2/h8H,4-7H2,1-3H3,(H,12,14)(H,13,15);3-10H2,1-2H3;2*1-2H3. The molecule has 2 amide bonds. The first-order chi connectivity index (χ1) is 14.3. The fourth-order valence-corrected chi connectivity index (χ4v) is 2.73. The highest BCUT2D eigenvalue weighted by Crippen LogP contribution is 2.09. The molecule has 0 spiro atoms. The lowest BCUT2D eigenvalue weighted by Gasteiger charge is -2.22. The number of unbranched alkanes of at least 4 members (excludes halogenated alkanes) is 7. The van der Waals surface area contributed by atoms with Gasteiger partial charge in [0.25, 0.3) is 0 Å². The van der Waals surface area contributed by atoms with E-state index in [9.17, 15) is 9.59 Å². The lowest BCUT2D eigenvalue weighted by molar-refractivity contribution is -0.122. The minimum Gasteiger partial charge on any atom is -0.444 e. The average Bonchev–Trinajstić information content (AvgIpc) is 2.91. The molecular formula is C25H54N2O3. The number of carbonyl (C=O) groups excluding carboxylic acids is 2. The van der Waals surface area contributed by atoms with Gasteiger partial charge in [-0.1, -0.05) is 92.9 Å². The zero-order chi connectivity index (χ0) is 23.8. The highest BCUT2D eigenvalue weighted by Gasteiger charge is 2.25. The second kappa shape index (κ2) is 24.0. The first-order valence-corrected chi connectivity index (χ1v) is 12.6. The van der Waals surface area contributed by atoms with Gasteiger partial charge < -0.3 is 15.4 Å². The molecule has 0 bridgehead atoms. The third kappa shape index (κ3) is 24.8. The van der Waals surface area contributed by atoms with Gasteiger partial charge in [-0.05, 0) is 40.0 Å². The summed E-state index contributed by atoms with van der Waals surface area (Å²) in [5, 5.41) is 5.35. The van der Waals surface area contributed by atoms with Gasteiger partial charge in [0.1, 0.15) is 11.6 Å². The van der Waals surface area contributed by atoms with Gasteiger partial charge in [0, 0.05) is 6.54 Å². The summed E-state index contributed by atoms with van der Waals surface area (Å²) < 4.78 is 5.10. The summed E-state index contributed by atoms with van der Waals surface area (Å²) in [5.74, 6) is -0.122. The Balaban J connectivity index is -0.000000449. The lowest BCUT2D eigenvalue weighted by atomic mass is 10.1. The lowest BCUT2D eigenvalue weighted by Crippen LogP contribution is -2.47. The molecule has 0 aromatic heterocycles. The molecule has 1 aliphatic heterocycles. The van der Waals surface area contributed by atoms with E-state index in [-0.39, 0.29) is 5.91 Å². The number of hydrogen-bond acceptors (Lipinski definition) is 3. The van der Waals surface area contributed by atoms with Crippen LogP contribution in [-0.2, 0) is 9.53 Å². The number of amides is 2. The van der Waals surface area contributed by atoms with Crippen molar-refractivity contribution in [3.05, 3.63) is 0 Å². The Morgan fingerprint density at radius 3 is 1.83 bits per heavy atom. The maximum absolute atomic E-state index is 11.5. The van der Waals surface area contributed by atoms with Crippen LogP contribution < -0.4 is 10.6 Å². The van der Waals surface area contributed by atoms with Gasteiger partial charge in [-0.15, -0.1) is 0 Å². The summed E-state index contributed by atoms with van der Waals surface area (Å²) in [6.07, 6.45) is 13.5. The Morgan fingerprint density at radius 2 is 1.40 bits per heavy atom. The third-order valence-electron chi connectivity index (χ3n) is 4.18. The summed E-state index contributed by atoms with van der Waals surface area (Å²) in [4.78, 5) is 23.0. The van der Waals surface area contributed by atoms with Crippen LogP contribution in [-0.4, -0.2) is 30.2 Å². The molecule has 1 atom stereocenters. The molecule has 0 aromatic carbocycles.